The van der Waals surface area contributed by atoms with Gasteiger partial charge in [0, 0.05) is 24.0 Å². The molecule has 12 heteroatoms. The molecule has 132 valence electrons. The number of amides is 1. The molecule has 0 saturated carbocycles. The van der Waals surface area contributed by atoms with Gasteiger partial charge in [-0.15, -0.1) is 0 Å². The smallest absolute Gasteiger partial charge is 0.452 e. The molecule has 0 atom stereocenters. The number of nitrogens with one attached hydrogen (secondary N) is 1. The maximum Gasteiger partial charge on any atom is 0.452 e. The van der Waals surface area contributed by atoms with Crippen molar-refractivity contribution in [1.29, 1.82) is 0 Å². The fourth-order valence-electron chi connectivity index (χ4n) is 1.64. The number of carbonyl (C=O) groups excluding carboxylic acids is 2. The highest BCUT2D eigenvalue weighted by Crippen LogP contribution is 2.29. The standard InChI is InChI=1S/C13H8F3N3O5S/c1-5(20)24-8-3-6(2-7(4-8)10(22)23)9(21)17-12-18-11(19-25-12)13(14,15)16/h2-4H,1H3,(H,22,23)(H,17,18,19,21). The molecule has 8 nitrogen and oxygen atoms in total. The van der Waals surface area contributed by atoms with Crippen molar-refractivity contribution in [3.05, 3.63) is 35.2 Å². The minimum absolute atomic E-state index is 0.203. The van der Waals surface area contributed by atoms with Crippen LogP contribution in [0.1, 0.15) is 33.5 Å². The summed E-state index contributed by atoms with van der Waals surface area (Å²) in [5.74, 6) is -4.69. The van der Waals surface area contributed by atoms with E-state index in [1.807, 2.05) is 0 Å². The third-order valence-corrected chi connectivity index (χ3v) is 3.21. The van der Waals surface area contributed by atoms with Gasteiger partial charge in [0.15, 0.2) is 0 Å². The van der Waals surface area contributed by atoms with Crippen LogP contribution in [0.25, 0.3) is 0 Å². The molecule has 2 rings (SSSR count). The van der Waals surface area contributed by atoms with Crippen molar-refractivity contribution >= 4 is 34.5 Å². The first-order valence-electron chi connectivity index (χ1n) is 6.35. The van der Waals surface area contributed by atoms with Gasteiger partial charge in [0.05, 0.1) is 5.56 Å². The Morgan fingerprint density at radius 2 is 1.84 bits per heavy atom. The number of nitrogens with zero attached hydrogens (tertiary/aromatic N) is 2. The zero-order valence-electron chi connectivity index (χ0n) is 12.2. The first-order chi connectivity index (χ1) is 11.6. The van der Waals surface area contributed by atoms with Gasteiger partial charge in [0.1, 0.15) is 5.75 Å². The number of halogens is 3. The number of alkyl halides is 3. The van der Waals surface area contributed by atoms with Crippen molar-refractivity contribution in [3.63, 3.8) is 0 Å². The van der Waals surface area contributed by atoms with Crippen molar-refractivity contribution in [2.75, 3.05) is 5.32 Å². The van der Waals surface area contributed by atoms with Gasteiger partial charge in [-0.1, -0.05) is 0 Å². The second-order valence-electron chi connectivity index (χ2n) is 4.52. The van der Waals surface area contributed by atoms with E-state index in [-0.39, 0.29) is 16.9 Å². The average Bonchev–Trinajstić information content (AvgIpc) is 2.94. The predicted octanol–water partition coefficient (Wildman–Crippen LogP) is 2.43. The van der Waals surface area contributed by atoms with E-state index in [0.29, 0.717) is 11.5 Å². The Morgan fingerprint density at radius 3 is 2.36 bits per heavy atom. The van der Waals surface area contributed by atoms with E-state index in [1.165, 1.54) is 0 Å². The zero-order chi connectivity index (χ0) is 18.8. The molecule has 1 heterocycles. The fraction of sp³-hybridized carbons (Fsp3) is 0.154. The van der Waals surface area contributed by atoms with E-state index in [2.05, 4.69) is 14.7 Å². The van der Waals surface area contributed by atoms with Crippen molar-refractivity contribution < 1.29 is 37.4 Å². The SMILES string of the molecule is CC(=O)Oc1cc(C(=O)O)cc(C(=O)Nc2nc(C(F)(F)F)ns2)c1. The first kappa shape index (κ1) is 18.3. The van der Waals surface area contributed by atoms with E-state index < -0.39 is 35.0 Å². The van der Waals surface area contributed by atoms with Crippen LogP contribution in [0, 0.1) is 0 Å². The van der Waals surface area contributed by atoms with E-state index >= 15 is 0 Å². The van der Waals surface area contributed by atoms with Gasteiger partial charge in [-0.2, -0.15) is 22.5 Å². The van der Waals surface area contributed by atoms with Crippen LogP contribution in [0.5, 0.6) is 5.75 Å². The highest BCUT2D eigenvalue weighted by Gasteiger charge is 2.36. The van der Waals surface area contributed by atoms with E-state index in [0.717, 1.165) is 25.1 Å². The molecule has 0 aliphatic rings. The minimum Gasteiger partial charge on any atom is -0.478 e. The number of aromatic nitrogens is 2. The topological polar surface area (TPSA) is 118 Å². The highest BCUT2D eigenvalue weighted by atomic mass is 32.1. The number of hydrogen-bond donors (Lipinski definition) is 2. The van der Waals surface area contributed by atoms with Gasteiger partial charge in [-0.25, -0.2) is 4.79 Å². The summed E-state index contributed by atoms with van der Waals surface area (Å²) in [6, 6.07) is 3.05. The van der Waals surface area contributed by atoms with Gasteiger partial charge in [0.25, 0.3) is 5.91 Å². The Kier molecular flexibility index (Phi) is 5.02. The maximum absolute atomic E-state index is 12.4. The lowest BCUT2D eigenvalue weighted by Gasteiger charge is -2.07. The molecule has 0 bridgehead atoms. The minimum atomic E-state index is -4.76. The van der Waals surface area contributed by atoms with Crippen LogP contribution in [-0.4, -0.2) is 32.3 Å². The number of carbonyl (C=O) groups is 3. The largest absolute Gasteiger partial charge is 0.478 e. The van der Waals surface area contributed by atoms with Crippen molar-refractivity contribution in [2.24, 2.45) is 0 Å². The quantitative estimate of drug-likeness (QED) is 0.622. The molecule has 0 aliphatic carbocycles. The zero-order valence-corrected chi connectivity index (χ0v) is 13.1. The summed E-state index contributed by atoms with van der Waals surface area (Å²) in [4.78, 5) is 37.3. The van der Waals surface area contributed by atoms with E-state index in [4.69, 9.17) is 9.84 Å². The molecule has 0 fully saturated rings. The molecule has 25 heavy (non-hydrogen) atoms. The Labute approximate surface area is 141 Å². The van der Waals surface area contributed by atoms with Crippen LogP contribution in [0.4, 0.5) is 18.3 Å². The molecule has 0 spiro atoms. The number of aromatic carboxylic acids is 1. The molecule has 0 unspecified atom stereocenters. The summed E-state index contributed by atoms with van der Waals surface area (Å²) in [6.07, 6.45) is -4.76. The molecule has 1 amide bonds. The molecule has 1 aromatic heterocycles. The van der Waals surface area contributed by atoms with Crippen LogP contribution in [0.2, 0.25) is 0 Å². The van der Waals surface area contributed by atoms with Crippen LogP contribution in [-0.2, 0) is 11.0 Å². The van der Waals surface area contributed by atoms with Crippen molar-refractivity contribution in [2.45, 2.75) is 13.1 Å². The number of carboxylic acid groups (broad SMARTS) is 1. The number of carboxylic acids is 1. The van der Waals surface area contributed by atoms with Crippen LogP contribution >= 0.6 is 11.5 Å². The Bertz CT molecular complexity index is 850. The van der Waals surface area contributed by atoms with Gasteiger partial charge in [-0.3, -0.25) is 14.9 Å². The molecular formula is C13H8F3N3O5S. The highest BCUT2D eigenvalue weighted by molar-refractivity contribution is 7.09. The third-order valence-electron chi connectivity index (χ3n) is 2.58. The second kappa shape index (κ2) is 6.84. The summed E-state index contributed by atoms with van der Waals surface area (Å²) in [5.41, 5.74) is -0.600. The number of esters is 1. The number of rotatable bonds is 4. The number of anilines is 1. The van der Waals surface area contributed by atoms with Crippen LogP contribution in [0.15, 0.2) is 18.2 Å². The Morgan fingerprint density at radius 1 is 1.20 bits per heavy atom. The third kappa shape index (κ3) is 4.73. The first-order valence-corrected chi connectivity index (χ1v) is 7.12. The van der Waals surface area contributed by atoms with Crippen LogP contribution in [0.3, 0.4) is 0 Å². The monoisotopic (exact) mass is 375 g/mol. The van der Waals surface area contributed by atoms with Crippen molar-refractivity contribution in [3.8, 4) is 5.75 Å². The summed E-state index contributed by atoms with van der Waals surface area (Å²) in [7, 11) is 0. The number of ether oxygens (including phenoxy) is 1. The fourth-order valence-corrected chi connectivity index (χ4v) is 2.22. The molecular weight excluding hydrogens is 367 g/mol. The average molecular weight is 375 g/mol. The summed E-state index contributed by atoms with van der Waals surface area (Å²) < 4.78 is 45.1. The Hall–Kier alpha value is -3.02. The van der Waals surface area contributed by atoms with Gasteiger partial charge in [0.2, 0.25) is 11.0 Å². The predicted molar refractivity (Wildman–Crippen MR) is 77.6 cm³/mol. The van der Waals surface area contributed by atoms with Gasteiger partial charge in [-0.05, 0) is 18.2 Å². The van der Waals surface area contributed by atoms with Crippen molar-refractivity contribution in [1.82, 2.24) is 9.36 Å². The lowest BCUT2D eigenvalue weighted by atomic mass is 10.1. The van der Waals surface area contributed by atoms with E-state index in [1.54, 1.807) is 0 Å². The summed E-state index contributed by atoms with van der Waals surface area (Å²) in [5, 5.41) is 10.7. The maximum atomic E-state index is 12.4. The lowest BCUT2D eigenvalue weighted by molar-refractivity contribution is -0.144. The Balaban J connectivity index is 2.28. The van der Waals surface area contributed by atoms with E-state index in [9.17, 15) is 27.6 Å². The molecule has 2 aromatic rings. The lowest BCUT2D eigenvalue weighted by Crippen LogP contribution is -2.14. The summed E-state index contributed by atoms with van der Waals surface area (Å²) >= 11 is 0.310. The normalized spacial score (nSPS) is 11.0. The molecule has 0 aliphatic heterocycles. The summed E-state index contributed by atoms with van der Waals surface area (Å²) in [6.45, 7) is 1.08. The molecule has 0 saturated heterocycles. The number of benzene rings is 1. The van der Waals surface area contributed by atoms with Gasteiger partial charge < -0.3 is 9.84 Å². The molecule has 0 radical (unpaired) electrons. The van der Waals surface area contributed by atoms with Crippen LogP contribution < -0.4 is 10.1 Å². The second-order valence-corrected chi connectivity index (χ2v) is 5.27. The number of hydrogen-bond acceptors (Lipinski definition) is 7. The van der Waals surface area contributed by atoms with Gasteiger partial charge >= 0.3 is 18.1 Å². The molecule has 1 aromatic carbocycles. The molecule has 2 N–H and O–H groups in total.